The van der Waals surface area contributed by atoms with E-state index in [0.717, 1.165) is 26.9 Å². The summed E-state index contributed by atoms with van der Waals surface area (Å²) < 4.78 is 1.74. The lowest BCUT2D eigenvalue weighted by Gasteiger charge is -2.26. The Labute approximate surface area is 223 Å². The van der Waals surface area contributed by atoms with E-state index < -0.39 is 17.8 Å². The molecule has 1 fully saturated rings. The van der Waals surface area contributed by atoms with Gasteiger partial charge in [-0.25, -0.2) is 9.69 Å². The van der Waals surface area contributed by atoms with Crippen LogP contribution in [0.25, 0.3) is 17.0 Å². The minimum atomic E-state index is -0.804. The fraction of sp³-hybridized carbons (Fsp3) is 0.103. The molecule has 9 heteroatoms. The normalized spacial score (nSPS) is 14.8. The van der Waals surface area contributed by atoms with E-state index in [1.165, 1.54) is 6.08 Å². The summed E-state index contributed by atoms with van der Waals surface area (Å²) in [4.78, 5) is 52.4. The van der Waals surface area contributed by atoms with Gasteiger partial charge in [-0.3, -0.25) is 19.7 Å². The molecule has 0 spiro atoms. The summed E-state index contributed by atoms with van der Waals surface area (Å²) in [6.45, 7) is 3.81. The number of carbonyl (C=O) groups is 4. The first-order valence-electron chi connectivity index (χ1n) is 11.8. The summed E-state index contributed by atoms with van der Waals surface area (Å²) in [6.07, 6.45) is 3.16. The van der Waals surface area contributed by atoms with Crippen molar-refractivity contribution in [3.8, 4) is 0 Å². The van der Waals surface area contributed by atoms with Crippen molar-refractivity contribution in [1.82, 2.24) is 9.88 Å². The van der Waals surface area contributed by atoms with Crippen LogP contribution in [0, 0.1) is 13.8 Å². The van der Waals surface area contributed by atoms with Crippen LogP contribution in [-0.4, -0.2) is 28.3 Å². The molecule has 5 rings (SSSR count). The largest absolute Gasteiger partial charge is 0.337 e. The van der Waals surface area contributed by atoms with Crippen LogP contribution in [-0.2, 0) is 20.9 Å². The number of barbiturate groups is 1. The van der Waals surface area contributed by atoms with Crippen molar-refractivity contribution in [2.45, 2.75) is 20.4 Å². The van der Waals surface area contributed by atoms with Crippen LogP contribution in [0.2, 0.25) is 5.02 Å². The summed E-state index contributed by atoms with van der Waals surface area (Å²) >= 11 is 5.92. The minimum Gasteiger partial charge on any atom is -0.337 e. The number of imide groups is 2. The molecule has 5 amide bonds. The minimum absolute atomic E-state index is 0.000288. The van der Waals surface area contributed by atoms with E-state index in [-0.39, 0.29) is 18.0 Å². The van der Waals surface area contributed by atoms with Crippen molar-refractivity contribution in [2.24, 2.45) is 0 Å². The molecule has 2 heterocycles. The second-order valence-corrected chi connectivity index (χ2v) is 9.45. The number of anilines is 2. The number of fused-ring (bicyclic) bond motifs is 1. The molecule has 0 atom stereocenters. The zero-order valence-corrected chi connectivity index (χ0v) is 21.4. The molecule has 0 aliphatic carbocycles. The smallest absolute Gasteiger partial charge is 0.335 e. The predicted octanol–water partition coefficient (Wildman–Crippen LogP) is 5.22. The Morgan fingerprint density at radius 3 is 2.45 bits per heavy atom. The number of rotatable bonds is 5. The summed E-state index contributed by atoms with van der Waals surface area (Å²) in [5.74, 6) is -1.76. The van der Waals surface area contributed by atoms with E-state index in [1.54, 1.807) is 47.2 Å². The van der Waals surface area contributed by atoms with Crippen molar-refractivity contribution in [3.05, 3.63) is 100 Å². The highest BCUT2D eigenvalue weighted by molar-refractivity contribution is 6.39. The Kier molecular flexibility index (Phi) is 6.57. The quantitative estimate of drug-likeness (QED) is 0.275. The summed E-state index contributed by atoms with van der Waals surface area (Å²) in [5, 5.41) is 6.40. The molecule has 4 aromatic rings. The monoisotopic (exact) mass is 526 g/mol. The molecular formula is C29H23ClN4O4. The van der Waals surface area contributed by atoms with Gasteiger partial charge in [0.15, 0.2) is 0 Å². The second kappa shape index (κ2) is 9.99. The average molecular weight is 527 g/mol. The van der Waals surface area contributed by atoms with Gasteiger partial charge in [0.05, 0.1) is 5.69 Å². The number of halogens is 1. The van der Waals surface area contributed by atoms with E-state index in [1.807, 2.05) is 44.2 Å². The van der Waals surface area contributed by atoms with Crippen LogP contribution in [0.4, 0.5) is 16.2 Å². The number of carbonyl (C=O) groups excluding carboxylic acids is 4. The topological polar surface area (TPSA) is 101 Å². The number of urea groups is 1. The Morgan fingerprint density at radius 1 is 0.974 bits per heavy atom. The van der Waals surface area contributed by atoms with Crippen LogP contribution < -0.4 is 15.5 Å². The Balaban J connectivity index is 1.48. The molecule has 3 aromatic carbocycles. The SMILES string of the molecule is Cc1ccc(N2C(=O)NC(=O)/C(=C\c3cn(CC(=O)Nc4ccc(Cl)cc4)c4ccccc34)C2=O)cc1C. The summed E-state index contributed by atoms with van der Waals surface area (Å²) in [7, 11) is 0. The van der Waals surface area contributed by atoms with Gasteiger partial charge in [-0.05, 0) is 73.5 Å². The molecule has 0 bridgehead atoms. The fourth-order valence-electron chi connectivity index (χ4n) is 4.32. The lowest BCUT2D eigenvalue weighted by Crippen LogP contribution is -2.54. The number of aromatic nitrogens is 1. The number of para-hydroxylation sites is 1. The summed E-state index contributed by atoms with van der Waals surface area (Å²) in [5.41, 5.74) is 4.03. The third-order valence-electron chi connectivity index (χ3n) is 6.41. The van der Waals surface area contributed by atoms with Gasteiger partial charge in [0.25, 0.3) is 11.8 Å². The van der Waals surface area contributed by atoms with Crippen LogP contribution in [0.15, 0.2) is 78.5 Å². The predicted molar refractivity (Wildman–Crippen MR) is 147 cm³/mol. The van der Waals surface area contributed by atoms with Gasteiger partial charge < -0.3 is 9.88 Å². The van der Waals surface area contributed by atoms with E-state index >= 15 is 0 Å². The molecule has 38 heavy (non-hydrogen) atoms. The number of hydrogen-bond donors (Lipinski definition) is 2. The van der Waals surface area contributed by atoms with Gasteiger partial charge in [0, 0.05) is 33.4 Å². The standard InChI is InChI=1S/C29H23ClN4O4/c1-17-7-12-22(13-18(17)2)34-28(37)24(27(36)32-29(34)38)14-19-15-33(25-6-4-3-5-23(19)25)16-26(35)31-21-10-8-20(30)9-11-21/h3-15H,16H2,1-2H3,(H,31,35)(H,32,36,38)/b24-14+. The maximum absolute atomic E-state index is 13.4. The molecule has 0 unspecified atom stereocenters. The van der Waals surface area contributed by atoms with Gasteiger partial charge in [0.2, 0.25) is 5.91 Å². The van der Waals surface area contributed by atoms with Crippen LogP contribution in [0.5, 0.6) is 0 Å². The van der Waals surface area contributed by atoms with E-state index in [4.69, 9.17) is 11.6 Å². The van der Waals surface area contributed by atoms with Crippen molar-refractivity contribution >= 4 is 63.7 Å². The highest BCUT2D eigenvalue weighted by Crippen LogP contribution is 2.27. The van der Waals surface area contributed by atoms with Gasteiger partial charge in [-0.15, -0.1) is 0 Å². The maximum atomic E-state index is 13.4. The van der Waals surface area contributed by atoms with E-state index in [2.05, 4.69) is 10.6 Å². The zero-order valence-electron chi connectivity index (χ0n) is 20.6. The van der Waals surface area contributed by atoms with Gasteiger partial charge >= 0.3 is 6.03 Å². The molecule has 0 radical (unpaired) electrons. The molecule has 0 saturated carbocycles. The summed E-state index contributed by atoms with van der Waals surface area (Å²) in [6, 6.07) is 18.5. The average Bonchev–Trinajstić information content (AvgIpc) is 3.22. The number of aryl methyl sites for hydroxylation is 2. The number of nitrogens with one attached hydrogen (secondary N) is 2. The number of hydrogen-bond acceptors (Lipinski definition) is 4. The molecule has 1 aliphatic heterocycles. The van der Waals surface area contributed by atoms with E-state index in [9.17, 15) is 19.2 Å². The lowest BCUT2D eigenvalue weighted by atomic mass is 10.0. The first-order valence-corrected chi connectivity index (χ1v) is 12.2. The maximum Gasteiger partial charge on any atom is 0.335 e. The Morgan fingerprint density at radius 2 is 1.71 bits per heavy atom. The second-order valence-electron chi connectivity index (χ2n) is 9.01. The van der Waals surface area contributed by atoms with Crippen LogP contribution in [0.3, 0.4) is 0 Å². The molecule has 1 aromatic heterocycles. The fourth-order valence-corrected chi connectivity index (χ4v) is 4.45. The van der Waals surface area contributed by atoms with Crippen molar-refractivity contribution < 1.29 is 19.2 Å². The third-order valence-corrected chi connectivity index (χ3v) is 6.66. The zero-order chi connectivity index (χ0) is 27.0. The Bertz CT molecular complexity index is 1650. The number of benzene rings is 3. The molecule has 8 nitrogen and oxygen atoms in total. The lowest BCUT2D eigenvalue weighted by molar-refractivity contribution is -0.122. The molecule has 190 valence electrons. The molecule has 1 aliphatic rings. The van der Waals surface area contributed by atoms with Crippen molar-refractivity contribution in [2.75, 3.05) is 10.2 Å². The third kappa shape index (κ3) is 4.81. The first-order chi connectivity index (χ1) is 18.2. The Hall–Kier alpha value is -4.69. The number of amides is 5. The number of nitrogens with zero attached hydrogens (tertiary/aromatic N) is 2. The van der Waals surface area contributed by atoms with Gasteiger partial charge in [0.1, 0.15) is 12.1 Å². The van der Waals surface area contributed by atoms with Crippen molar-refractivity contribution in [3.63, 3.8) is 0 Å². The van der Waals surface area contributed by atoms with Crippen LogP contribution in [0.1, 0.15) is 16.7 Å². The molecule has 1 saturated heterocycles. The first kappa shape index (κ1) is 25.0. The highest BCUT2D eigenvalue weighted by Gasteiger charge is 2.37. The van der Waals surface area contributed by atoms with Gasteiger partial charge in [-0.1, -0.05) is 35.9 Å². The van der Waals surface area contributed by atoms with E-state index in [0.29, 0.717) is 22.0 Å². The highest BCUT2D eigenvalue weighted by atomic mass is 35.5. The van der Waals surface area contributed by atoms with Crippen LogP contribution >= 0.6 is 11.6 Å². The molecular weight excluding hydrogens is 504 g/mol. The van der Waals surface area contributed by atoms with Gasteiger partial charge in [-0.2, -0.15) is 0 Å². The van der Waals surface area contributed by atoms with Crippen molar-refractivity contribution in [1.29, 1.82) is 0 Å². The molecule has 2 N–H and O–H groups in total.